The number of nitrogens with one attached hydrogen (secondary N) is 2. The molecular formula is C22H28N4O3. The Morgan fingerprint density at radius 1 is 0.966 bits per heavy atom. The molecule has 0 aliphatic carbocycles. The summed E-state index contributed by atoms with van der Waals surface area (Å²) in [6.07, 6.45) is 0.958. The van der Waals surface area contributed by atoms with Gasteiger partial charge in [0.15, 0.2) is 0 Å². The monoisotopic (exact) mass is 396 g/mol. The second-order valence-electron chi connectivity index (χ2n) is 7.12. The third-order valence-electron chi connectivity index (χ3n) is 4.94. The Morgan fingerprint density at radius 3 is 2.34 bits per heavy atom. The molecule has 2 aromatic rings. The lowest BCUT2D eigenvalue weighted by Gasteiger charge is -2.34. The standard InChI is InChI=1S/C22H28N4O3/c1-17(27)23-19-6-4-7-20(16-19)24-22(28)26-13-11-25(12-14-26)10-9-18-5-3-8-21(15-18)29-2/h3-8,15-16H,9-14H2,1-2H3,(H,23,27)(H,24,28). The molecular weight excluding hydrogens is 368 g/mol. The van der Waals surface area contributed by atoms with E-state index in [1.807, 2.05) is 23.1 Å². The Bertz CT molecular complexity index is 847. The molecule has 7 nitrogen and oxygen atoms in total. The van der Waals surface area contributed by atoms with Gasteiger partial charge in [-0.05, 0) is 42.3 Å². The molecule has 1 aliphatic rings. The van der Waals surface area contributed by atoms with Crippen molar-refractivity contribution in [1.29, 1.82) is 0 Å². The van der Waals surface area contributed by atoms with Gasteiger partial charge in [-0.1, -0.05) is 18.2 Å². The van der Waals surface area contributed by atoms with Crippen LogP contribution in [0.3, 0.4) is 0 Å². The van der Waals surface area contributed by atoms with Crippen molar-refractivity contribution >= 4 is 23.3 Å². The lowest BCUT2D eigenvalue weighted by Crippen LogP contribution is -2.50. The van der Waals surface area contributed by atoms with E-state index < -0.39 is 0 Å². The molecule has 1 saturated heterocycles. The zero-order valence-corrected chi connectivity index (χ0v) is 17.0. The number of carbonyl (C=O) groups is 2. The topological polar surface area (TPSA) is 73.9 Å². The van der Waals surface area contributed by atoms with Gasteiger partial charge >= 0.3 is 6.03 Å². The Balaban J connectivity index is 1.45. The summed E-state index contributed by atoms with van der Waals surface area (Å²) in [5.74, 6) is 0.741. The molecule has 0 aromatic heterocycles. The van der Waals surface area contributed by atoms with Crippen molar-refractivity contribution in [2.24, 2.45) is 0 Å². The van der Waals surface area contributed by atoms with E-state index in [2.05, 4.69) is 27.7 Å². The maximum absolute atomic E-state index is 12.6. The lowest BCUT2D eigenvalue weighted by molar-refractivity contribution is -0.114. The Hall–Kier alpha value is -3.06. The molecule has 1 aliphatic heterocycles. The first-order chi connectivity index (χ1) is 14.0. The van der Waals surface area contributed by atoms with E-state index in [9.17, 15) is 9.59 Å². The third-order valence-corrected chi connectivity index (χ3v) is 4.94. The van der Waals surface area contributed by atoms with Crippen LogP contribution < -0.4 is 15.4 Å². The Labute approximate surface area is 171 Å². The van der Waals surface area contributed by atoms with Crippen LogP contribution >= 0.6 is 0 Å². The maximum atomic E-state index is 12.6. The van der Waals surface area contributed by atoms with Gasteiger partial charge in [-0.2, -0.15) is 0 Å². The van der Waals surface area contributed by atoms with Gasteiger partial charge in [0.05, 0.1) is 7.11 Å². The molecule has 0 spiro atoms. The van der Waals surface area contributed by atoms with Crippen LogP contribution in [0, 0.1) is 0 Å². The molecule has 29 heavy (non-hydrogen) atoms. The van der Waals surface area contributed by atoms with Gasteiger partial charge in [-0.25, -0.2) is 4.79 Å². The van der Waals surface area contributed by atoms with Crippen LogP contribution in [0.25, 0.3) is 0 Å². The van der Waals surface area contributed by atoms with Crippen LogP contribution in [-0.4, -0.2) is 61.6 Å². The lowest BCUT2D eigenvalue weighted by atomic mass is 10.1. The van der Waals surface area contributed by atoms with Crippen molar-refractivity contribution in [1.82, 2.24) is 9.80 Å². The SMILES string of the molecule is COc1cccc(CCN2CCN(C(=O)Nc3cccc(NC(C)=O)c3)CC2)c1. The number of piperazine rings is 1. The van der Waals surface area contributed by atoms with Crippen molar-refractivity contribution in [3.05, 3.63) is 54.1 Å². The summed E-state index contributed by atoms with van der Waals surface area (Å²) in [5, 5.41) is 5.63. The number of carbonyl (C=O) groups excluding carboxylic acids is 2. The smallest absolute Gasteiger partial charge is 0.321 e. The molecule has 0 radical (unpaired) electrons. The normalized spacial score (nSPS) is 14.3. The molecule has 1 fully saturated rings. The number of hydrogen-bond acceptors (Lipinski definition) is 4. The third kappa shape index (κ3) is 6.22. The minimum absolute atomic E-state index is 0.113. The van der Waals surface area contributed by atoms with Gasteiger partial charge in [0.1, 0.15) is 5.75 Å². The maximum Gasteiger partial charge on any atom is 0.321 e. The number of methoxy groups -OCH3 is 1. The first-order valence-corrected chi connectivity index (χ1v) is 9.82. The Kier molecular flexibility index (Phi) is 7.08. The second-order valence-corrected chi connectivity index (χ2v) is 7.12. The highest BCUT2D eigenvalue weighted by Crippen LogP contribution is 2.17. The predicted molar refractivity (Wildman–Crippen MR) is 114 cm³/mol. The summed E-state index contributed by atoms with van der Waals surface area (Å²) in [7, 11) is 1.68. The summed E-state index contributed by atoms with van der Waals surface area (Å²) in [6.45, 7) is 5.50. The van der Waals surface area contributed by atoms with Gasteiger partial charge < -0.3 is 20.3 Å². The fraction of sp³-hybridized carbons (Fsp3) is 0.364. The molecule has 0 bridgehead atoms. The summed E-state index contributed by atoms with van der Waals surface area (Å²) >= 11 is 0. The van der Waals surface area contributed by atoms with Crippen LogP contribution in [0.2, 0.25) is 0 Å². The highest BCUT2D eigenvalue weighted by molar-refractivity contribution is 5.92. The second kappa shape index (κ2) is 9.93. The van der Waals surface area contributed by atoms with Crippen molar-refractivity contribution in [2.75, 3.05) is 50.5 Å². The van der Waals surface area contributed by atoms with Gasteiger partial charge in [0.2, 0.25) is 5.91 Å². The van der Waals surface area contributed by atoms with Crippen molar-refractivity contribution in [3.63, 3.8) is 0 Å². The summed E-state index contributed by atoms with van der Waals surface area (Å²) in [4.78, 5) is 27.9. The fourth-order valence-electron chi connectivity index (χ4n) is 3.37. The van der Waals surface area contributed by atoms with Crippen LogP contribution in [0.1, 0.15) is 12.5 Å². The zero-order chi connectivity index (χ0) is 20.6. The zero-order valence-electron chi connectivity index (χ0n) is 17.0. The number of ether oxygens (including phenoxy) is 1. The van der Waals surface area contributed by atoms with E-state index in [-0.39, 0.29) is 11.9 Å². The fourth-order valence-corrected chi connectivity index (χ4v) is 3.37. The van der Waals surface area contributed by atoms with Gasteiger partial charge in [0, 0.05) is 51.0 Å². The summed E-state index contributed by atoms with van der Waals surface area (Å²) in [6, 6.07) is 15.2. The number of amides is 3. The van der Waals surface area contributed by atoms with Gasteiger partial charge in [0.25, 0.3) is 0 Å². The number of hydrogen-bond donors (Lipinski definition) is 2. The van der Waals surface area contributed by atoms with Crippen molar-refractivity contribution in [3.8, 4) is 5.75 Å². The van der Waals surface area contributed by atoms with Gasteiger partial charge in [-0.15, -0.1) is 0 Å². The number of nitrogens with zero attached hydrogens (tertiary/aromatic N) is 2. The Morgan fingerprint density at radius 2 is 1.66 bits per heavy atom. The number of rotatable bonds is 6. The van der Waals surface area contributed by atoms with Crippen molar-refractivity contribution in [2.45, 2.75) is 13.3 Å². The molecule has 0 atom stereocenters. The minimum Gasteiger partial charge on any atom is -0.497 e. The van der Waals surface area contributed by atoms with Crippen LogP contribution in [0.5, 0.6) is 5.75 Å². The van der Waals surface area contributed by atoms with Crippen LogP contribution in [0.15, 0.2) is 48.5 Å². The van der Waals surface area contributed by atoms with E-state index in [4.69, 9.17) is 4.74 Å². The first-order valence-electron chi connectivity index (χ1n) is 9.82. The average Bonchev–Trinajstić information content (AvgIpc) is 2.72. The largest absolute Gasteiger partial charge is 0.497 e. The van der Waals surface area contributed by atoms with Gasteiger partial charge in [-0.3, -0.25) is 9.69 Å². The summed E-state index contributed by atoms with van der Waals surface area (Å²) < 4.78 is 5.28. The molecule has 7 heteroatoms. The predicted octanol–water partition coefficient (Wildman–Crippen LogP) is 3.05. The molecule has 3 rings (SSSR count). The van der Waals surface area contributed by atoms with Crippen molar-refractivity contribution < 1.29 is 14.3 Å². The van der Waals surface area contributed by atoms with E-state index in [1.54, 1.807) is 25.3 Å². The first kappa shape index (κ1) is 20.7. The van der Waals surface area contributed by atoms with E-state index >= 15 is 0 Å². The number of benzene rings is 2. The highest BCUT2D eigenvalue weighted by atomic mass is 16.5. The molecule has 3 amide bonds. The van der Waals surface area contributed by atoms with E-state index in [1.165, 1.54) is 12.5 Å². The number of urea groups is 1. The summed E-state index contributed by atoms with van der Waals surface area (Å²) in [5.41, 5.74) is 2.59. The average molecular weight is 396 g/mol. The molecule has 0 unspecified atom stereocenters. The number of anilines is 2. The molecule has 154 valence electrons. The highest BCUT2D eigenvalue weighted by Gasteiger charge is 2.21. The minimum atomic E-state index is -0.140. The molecule has 1 heterocycles. The molecule has 2 N–H and O–H groups in total. The quantitative estimate of drug-likeness (QED) is 0.787. The van der Waals surface area contributed by atoms with Crippen LogP contribution in [-0.2, 0) is 11.2 Å². The van der Waals surface area contributed by atoms with E-state index in [0.717, 1.165) is 31.8 Å². The molecule has 2 aromatic carbocycles. The molecule has 0 saturated carbocycles. The van der Waals surface area contributed by atoms with E-state index in [0.29, 0.717) is 24.5 Å². The van der Waals surface area contributed by atoms with Crippen LogP contribution in [0.4, 0.5) is 16.2 Å².